The first-order valence-electron chi connectivity index (χ1n) is 13.0. The maximum Gasteiger partial charge on any atom is 0.122 e. The SMILES string of the molecule is C=CCOc1c(CCCCC)cc(CCCCC)cc1[Si](C)(C)C1=C(C)C(C)=C(C)C1C. The summed E-state index contributed by atoms with van der Waals surface area (Å²) in [6.45, 7) is 23.6. The van der Waals surface area contributed by atoms with E-state index in [0.717, 1.165) is 6.42 Å². The minimum Gasteiger partial charge on any atom is -0.489 e. The van der Waals surface area contributed by atoms with Crippen LogP contribution in [-0.4, -0.2) is 14.7 Å². The zero-order valence-electron chi connectivity index (χ0n) is 22.3. The minimum absolute atomic E-state index is 0.538. The Labute approximate surface area is 200 Å². The van der Waals surface area contributed by atoms with Gasteiger partial charge in [-0.05, 0) is 74.3 Å². The van der Waals surface area contributed by atoms with Gasteiger partial charge in [0.25, 0.3) is 0 Å². The molecule has 1 atom stereocenters. The molecule has 1 nitrogen and oxygen atoms in total. The highest BCUT2D eigenvalue weighted by Crippen LogP contribution is 2.42. The lowest BCUT2D eigenvalue weighted by Gasteiger charge is -2.33. The Morgan fingerprint density at radius 2 is 1.56 bits per heavy atom. The number of ether oxygens (including phenoxy) is 1. The molecule has 0 saturated carbocycles. The molecule has 0 aromatic heterocycles. The second kappa shape index (κ2) is 12.1. The van der Waals surface area contributed by atoms with Gasteiger partial charge >= 0.3 is 0 Å². The van der Waals surface area contributed by atoms with E-state index in [-0.39, 0.29) is 0 Å². The smallest absolute Gasteiger partial charge is 0.122 e. The zero-order chi connectivity index (χ0) is 23.9. The van der Waals surface area contributed by atoms with Crippen molar-refractivity contribution in [1.82, 2.24) is 0 Å². The maximum absolute atomic E-state index is 6.48. The van der Waals surface area contributed by atoms with E-state index in [0.29, 0.717) is 12.5 Å². The van der Waals surface area contributed by atoms with Gasteiger partial charge in [-0.25, -0.2) is 0 Å². The maximum atomic E-state index is 6.48. The van der Waals surface area contributed by atoms with Crippen molar-refractivity contribution in [1.29, 1.82) is 0 Å². The quantitative estimate of drug-likeness (QED) is 0.166. The molecule has 1 aromatic rings. The van der Waals surface area contributed by atoms with Crippen LogP contribution in [-0.2, 0) is 12.8 Å². The molecule has 1 aliphatic rings. The molecule has 0 radical (unpaired) electrons. The summed E-state index contributed by atoms with van der Waals surface area (Å²) in [5.41, 5.74) is 7.52. The van der Waals surface area contributed by atoms with E-state index in [2.05, 4.69) is 73.3 Å². The molecule has 0 N–H and O–H groups in total. The minimum atomic E-state index is -1.93. The summed E-state index contributed by atoms with van der Waals surface area (Å²) in [7, 11) is -1.93. The second-order valence-corrected chi connectivity index (χ2v) is 14.7. The van der Waals surface area contributed by atoms with Gasteiger partial charge in [0.1, 0.15) is 20.4 Å². The van der Waals surface area contributed by atoms with E-state index in [4.69, 9.17) is 4.74 Å². The van der Waals surface area contributed by atoms with Gasteiger partial charge in [0.2, 0.25) is 0 Å². The first-order chi connectivity index (χ1) is 15.2. The highest BCUT2D eigenvalue weighted by molar-refractivity contribution is 6.96. The summed E-state index contributed by atoms with van der Waals surface area (Å²) in [6.07, 6.45) is 11.8. The van der Waals surface area contributed by atoms with Crippen LogP contribution in [0.1, 0.15) is 91.2 Å². The molecular weight excluding hydrogens is 404 g/mol. The Kier molecular flexibility index (Phi) is 10.1. The lowest BCUT2D eigenvalue weighted by Crippen LogP contribution is -2.47. The highest BCUT2D eigenvalue weighted by atomic mass is 28.3. The fourth-order valence-corrected chi connectivity index (χ4v) is 9.59. The molecule has 0 saturated heterocycles. The fraction of sp³-hybridized carbons (Fsp3) is 0.600. The van der Waals surface area contributed by atoms with Crippen LogP contribution < -0.4 is 9.92 Å². The van der Waals surface area contributed by atoms with Crippen molar-refractivity contribution < 1.29 is 4.74 Å². The number of unbranched alkanes of at least 4 members (excludes halogenated alkanes) is 4. The second-order valence-electron chi connectivity index (χ2n) is 10.3. The molecule has 2 rings (SSSR count). The number of aryl methyl sites for hydroxylation is 2. The van der Waals surface area contributed by atoms with E-state index in [1.165, 1.54) is 78.2 Å². The number of benzene rings is 1. The molecular formula is C30H48OSi. The van der Waals surface area contributed by atoms with Gasteiger partial charge < -0.3 is 4.74 Å². The third kappa shape index (κ3) is 5.87. The van der Waals surface area contributed by atoms with Crippen LogP contribution in [0, 0.1) is 5.92 Å². The van der Waals surface area contributed by atoms with Crippen molar-refractivity contribution in [3.05, 3.63) is 57.8 Å². The predicted octanol–water partition coefficient (Wildman–Crippen LogP) is 8.47. The van der Waals surface area contributed by atoms with Gasteiger partial charge in [-0.2, -0.15) is 0 Å². The lowest BCUT2D eigenvalue weighted by atomic mass is 10.00. The molecule has 2 heteroatoms. The molecule has 0 aliphatic heterocycles. The normalized spacial score (nSPS) is 16.8. The highest BCUT2D eigenvalue weighted by Gasteiger charge is 2.39. The van der Waals surface area contributed by atoms with Crippen LogP contribution in [0.2, 0.25) is 13.1 Å². The summed E-state index contributed by atoms with van der Waals surface area (Å²) in [5.74, 6) is 1.71. The molecule has 178 valence electrons. The van der Waals surface area contributed by atoms with Crippen LogP contribution in [0.4, 0.5) is 0 Å². The number of allylic oxidation sites excluding steroid dienone is 4. The Morgan fingerprint density at radius 3 is 2.09 bits per heavy atom. The number of hydrogen-bond acceptors (Lipinski definition) is 1. The molecule has 1 aromatic carbocycles. The third-order valence-electron chi connectivity index (χ3n) is 7.68. The van der Waals surface area contributed by atoms with Crippen LogP contribution >= 0.6 is 0 Å². The molecule has 0 heterocycles. The largest absolute Gasteiger partial charge is 0.489 e. The van der Waals surface area contributed by atoms with E-state index >= 15 is 0 Å². The van der Waals surface area contributed by atoms with Crippen LogP contribution in [0.25, 0.3) is 0 Å². The molecule has 1 unspecified atom stereocenters. The standard InChI is InChI=1S/C30H48OSi/c1-10-13-15-17-26-20-27(18-16-14-11-2)29(31-19-12-3)28(21-26)32(8,9)30-24(6)22(4)23(5)25(30)7/h12,20-21,24H,3,10-11,13-19H2,1-2,4-9H3. The van der Waals surface area contributed by atoms with Crippen molar-refractivity contribution in [2.45, 2.75) is 106 Å². The van der Waals surface area contributed by atoms with Crippen LogP contribution in [0.15, 0.2) is 46.7 Å². The first kappa shape index (κ1) is 26.7. The summed E-state index contributed by atoms with van der Waals surface area (Å²) < 4.78 is 6.48. The first-order valence-corrected chi connectivity index (χ1v) is 16.0. The van der Waals surface area contributed by atoms with Gasteiger partial charge in [0.05, 0.1) is 0 Å². The van der Waals surface area contributed by atoms with E-state index < -0.39 is 8.07 Å². The van der Waals surface area contributed by atoms with Crippen LogP contribution in [0.3, 0.4) is 0 Å². The molecule has 0 spiro atoms. The molecule has 0 amide bonds. The zero-order valence-corrected chi connectivity index (χ0v) is 23.3. The Balaban J connectivity index is 2.63. The van der Waals surface area contributed by atoms with Crippen molar-refractivity contribution >= 4 is 13.3 Å². The monoisotopic (exact) mass is 452 g/mol. The fourth-order valence-electron chi connectivity index (χ4n) is 5.53. The van der Waals surface area contributed by atoms with Crippen molar-refractivity contribution in [2.24, 2.45) is 5.92 Å². The van der Waals surface area contributed by atoms with Gasteiger partial charge in [-0.15, -0.1) is 0 Å². The van der Waals surface area contributed by atoms with Crippen LogP contribution in [0.5, 0.6) is 5.75 Å². The predicted molar refractivity (Wildman–Crippen MR) is 146 cm³/mol. The molecule has 1 aliphatic carbocycles. The van der Waals surface area contributed by atoms with Gasteiger partial charge in [-0.3, -0.25) is 0 Å². The van der Waals surface area contributed by atoms with Gasteiger partial charge in [-0.1, -0.05) is 101 Å². The van der Waals surface area contributed by atoms with Gasteiger partial charge in [0.15, 0.2) is 0 Å². The Hall–Kier alpha value is -1.54. The summed E-state index contributed by atoms with van der Waals surface area (Å²) in [5, 5.41) is 3.20. The number of rotatable bonds is 13. The van der Waals surface area contributed by atoms with E-state index in [9.17, 15) is 0 Å². The lowest BCUT2D eigenvalue weighted by molar-refractivity contribution is 0.361. The summed E-state index contributed by atoms with van der Waals surface area (Å²) >= 11 is 0. The average Bonchev–Trinajstić information content (AvgIpc) is 2.96. The van der Waals surface area contributed by atoms with E-state index in [1.54, 1.807) is 10.8 Å². The van der Waals surface area contributed by atoms with Crippen molar-refractivity contribution in [3.63, 3.8) is 0 Å². The molecule has 32 heavy (non-hydrogen) atoms. The third-order valence-corrected chi connectivity index (χ3v) is 11.5. The van der Waals surface area contributed by atoms with Gasteiger partial charge in [0, 0.05) is 0 Å². The average molecular weight is 453 g/mol. The number of hydrogen-bond donors (Lipinski definition) is 0. The Bertz CT molecular complexity index is 856. The molecule has 0 bridgehead atoms. The van der Waals surface area contributed by atoms with E-state index in [1.807, 2.05) is 6.08 Å². The summed E-state index contributed by atoms with van der Waals surface area (Å²) in [6, 6.07) is 4.99. The van der Waals surface area contributed by atoms with Crippen molar-refractivity contribution in [2.75, 3.05) is 6.61 Å². The molecule has 0 fully saturated rings. The Morgan fingerprint density at radius 1 is 0.938 bits per heavy atom. The summed E-state index contributed by atoms with van der Waals surface area (Å²) in [4.78, 5) is 0. The topological polar surface area (TPSA) is 9.23 Å². The van der Waals surface area contributed by atoms with Crippen molar-refractivity contribution in [3.8, 4) is 5.75 Å².